The number of amides is 2. The summed E-state index contributed by atoms with van der Waals surface area (Å²) in [5.74, 6) is -0.319. The largest absolute Gasteiger partial charge is 0.466 e. The lowest BCUT2D eigenvalue weighted by atomic mass is 10.1. The van der Waals surface area contributed by atoms with E-state index in [1.54, 1.807) is 31.2 Å². The van der Waals surface area contributed by atoms with Crippen molar-refractivity contribution < 1.29 is 27.5 Å². The molecule has 6 nitrogen and oxygen atoms in total. The lowest BCUT2D eigenvalue weighted by Crippen LogP contribution is -2.51. The Labute approximate surface area is 149 Å². The second kappa shape index (κ2) is 8.88. The number of benzene rings is 1. The highest BCUT2D eigenvalue weighted by Gasteiger charge is 2.32. The molecule has 1 fully saturated rings. The second-order valence-electron chi connectivity index (χ2n) is 5.99. The van der Waals surface area contributed by atoms with E-state index in [4.69, 9.17) is 4.74 Å². The Balaban J connectivity index is 1.80. The highest BCUT2D eigenvalue weighted by Crippen LogP contribution is 2.18. The van der Waals surface area contributed by atoms with Crippen molar-refractivity contribution in [3.05, 3.63) is 29.8 Å². The van der Waals surface area contributed by atoms with Gasteiger partial charge < -0.3 is 15.0 Å². The van der Waals surface area contributed by atoms with Crippen LogP contribution in [0.15, 0.2) is 24.3 Å². The number of ether oxygens (including phenoxy) is 1. The number of esters is 1. The van der Waals surface area contributed by atoms with E-state index < -0.39 is 12.7 Å². The molecule has 1 N–H and O–H groups in total. The molecule has 0 spiro atoms. The number of urea groups is 1. The maximum atomic E-state index is 12.4. The molecule has 1 aromatic rings. The van der Waals surface area contributed by atoms with Crippen LogP contribution in [0.1, 0.15) is 12.5 Å². The molecule has 0 saturated carbocycles. The Morgan fingerprint density at radius 2 is 1.73 bits per heavy atom. The van der Waals surface area contributed by atoms with Gasteiger partial charge in [0.2, 0.25) is 0 Å². The summed E-state index contributed by atoms with van der Waals surface area (Å²) in [6.07, 6.45) is -4.07. The second-order valence-corrected chi connectivity index (χ2v) is 5.99. The summed E-state index contributed by atoms with van der Waals surface area (Å²) in [6.45, 7) is 1.95. The van der Waals surface area contributed by atoms with Gasteiger partial charge in [-0.15, -0.1) is 0 Å². The first-order valence-electron chi connectivity index (χ1n) is 8.36. The summed E-state index contributed by atoms with van der Waals surface area (Å²) < 4.78 is 42.0. The van der Waals surface area contributed by atoms with E-state index in [-0.39, 0.29) is 44.6 Å². The van der Waals surface area contributed by atoms with Gasteiger partial charge in [0.1, 0.15) is 0 Å². The van der Waals surface area contributed by atoms with Gasteiger partial charge in [0.25, 0.3) is 0 Å². The zero-order chi connectivity index (χ0) is 19.2. The summed E-state index contributed by atoms with van der Waals surface area (Å²) in [7, 11) is 0. The summed E-state index contributed by atoms with van der Waals surface area (Å²) in [5.41, 5.74) is 1.32. The Kier molecular flexibility index (Phi) is 6.84. The van der Waals surface area contributed by atoms with Gasteiger partial charge in [-0.1, -0.05) is 12.1 Å². The molecule has 0 bridgehead atoms. The van der Waals surface area contributed by atoms with Crippen LogP contribution in [0.3, 0.4) is 0 Å². The molecule has 0 aromatic heterocycles. The topological polar surface area (TPSA) is 61.9 Å². The molecule has 9 heteroatoms. The maximum Gasteiger partial charge on any atom is 0.401 e. The van der Waals surface area contributed by atoms with E-state index in [1.807, 2.05) is 0 Å². The molecule has 144 valence electrons. The van der Waals surface area contributed by atoms with E-state index in [0.717, 1.165) is 5.56 Å². The number of halogens is 3. The molecule has 1 saturated heterocycles. The number of nitrogens with one attached hydrogen (secondary N) is 1. The molecule has 2 rings (SSSR count). The number of nitrogens with zero attached hydrogens (tertiary/aromatic N) is 2. The molecule has 1 aromatic carbocycles. The van der Waals surface area contributed by atoms with E-state index in [2.05, 4.69) is 5.32 Å². The quantitative estimate of drug-likeness (QED) is 0.806. The van der Waals surface area contributed by atoms with E-state index >= 15 is 0 Å². The van der Waals surface area contributed by atoms with E-state index in [9.17, 15) is 22.8 Å². The molecule has 1 aliphatic heterocycles. The van der Waals surface area contributed by atoms with Crippen LogP contribution in [0.2, 0.25) is 0 Å². The first-order valence-corrected chi connectivity index (χ1v) is 8.36. The maximum absolute atomic E-state index is 12.4. The predicted molar refractivity (Wildman–Crippen MR) is 89.9 cm³/mol. The van der Waals surface area contributed by atoms with Gasteiger partial charge >= 0.3 is 18.2 Å². The zero-order valence-corrected chi connectivity index (χ0v) is 14.5. The Hall–Kier alpha value is -2.29. The average molecular weight is 373 g/mol. The highest BCUT2D eigenvalue weighted by atomic mass is 19.4. The van der Waals surface area contributed by atoms with Crippen molar-refractivity contribution >= 4 is 17.7 Å². The van der Waals surface area contributed by atoms with Crippen LogP contribution in [0, 0.1) is 0 Å². The lowest BCUT2D eigenvalue weighted by molar-refractivity contribution is -0.148. The molecule has 0 aliphatic carbocycles. The van der Waals surface area contributed by atoms with Gasteiger partial charge in [-0.2, -0.15) is 13.2 Å². The average Bonchev–Trinajstić information content (AvgIpc) is 2.56. The third kappa shape index (κ3) is 6.55. The number of carbonyl (C=O) groups excluding carboxylic acids is 2. The zero-order valence-electron chi connectivity index (χ0n) is 14.5. The Morgan fingerprint density at radius 3 is 2.27 bits per heavy atom. The first-order chi connectivity index (χ1) is 12.3. The van der Waals surface area contributed by atoms with Gasteiger partial charge in [-0.25, -0.2) is 4.79 Å². The van der Waals surface area contributed by atoms with Crippen LogP contribution in [-0.4, -0.2) is 67.3 Å². The summed E-state index contributed by atoms with van der Waals surface area (Å²) in [5, 5.41) is 2.71. The molecule has 0 atom stereocenters. The van der Waals surface area contributed by atoms with Crippen molar-refractivity contribution in [1.82, 2.24) is 9.80 Å². The van der Waals surface area contributed by atoms with Crippen molar-refractivity contribution in [3.63, 3.8) is 0 Å². The van der Waals surface area contributed by atoms with Crippen LogP contribution >= 0.6 is 0 Å². The minimum absolute atomic E-state index is 0.156. The Bertz CT molecular complexity index is 612. The molecule has 1 aliphatic rings. The molecule has 26 heavy (non-hydrogen) atoms. The minimum Gasteiger partial charge on any atom is -0.466 e. The number of piperazine rings is 1. The van der Waals surface area contributed by atoms with Gasteiger partial charge in [0.05, 0.1) is 19.6 Å². The lowest BCUT2D eigenvalue weighted by Gasteiger charge is -2.34. The van der Waals surface area contributed by atoms with Gasteiger partial charge in [-0.05, 0) is 24.6 Å². The summed E-state index contributed by atoms with van der Waals surface area (Å²) in [6, 6.07) is 6.43. The van der Waals surface area contributed by atoms with Crippen molar-refractivity contribution in [2.24, 2.45) is 0 Å². The number of hydrogen-bond donors (Lipinski definition) is 1. The fraction of sp³-hybridized carbons (Fsp3) is 0.529. The summed E-state index contributed by atoms with van der Waals surface area (Å²) >= 11 is 0. The van der Waals surface area contributed by atoms with Crippen molar-refractivity contribution in [1.29, 1.82) is 0 Å². The van der Waals surface area contributed by atoms with Crippen LogP contribution in [-0.2, 0) is 16.0 Å². The first kappa shape index (κ1) is 20.0. The number of alkyl halides is 3. The molecular formula is C17H22F3N3O3. The fourth-order valence-corrected chi connectivity index (χ4v) is 2.65. The summed E-state index contributed by atoms with van der Waals surface area (Å²) in [4.78, 5) is 26.4. The van der Waals surface area contributed by atoms with Gasteiger partial charge in [0, 0.05) is 31.9 Å². The molecular weight excluding hydrogens is 351 g/mol. The number of carbonyl (C=O) groups is 2. The fourth-order valence-electron chi connectivity index (χ4n) is 2.65. The van der Waals surface area contributed by atoms with E-state index in [0.29, 0.717) is 12.3 Å². The number of anilines is 1. The number of rotatable bonds is 5. The van der Waals surface area contributed by atoms with Gasteiger partial charge in [0.15, 0.2) is 0 Å². The minimum atomic E-state index is -4.23. The number of hydrogen-bond acceptors (Lipinski definition) is 4. The third-order valence-electron chi connectivity index (χ3n) is 3.92. The van der Waals surface area contributed by atoms with Crippen molar-refractivity contribution in [2.45, 2.75) is 19.5 Å². The van der Waals surface area contributed by atoms with E-state index in [1.165, 1.54) is 9.80 Å². The predicted octanol–water partition coefficient (Wildman–Crippen LogP) is 2.50. The van der Waals surface area contributed by atoms with Crippen LogP contribution in [0.5, 0.6) is 0 Å². The van der Waals surface area contributed by atoms with Crippen molar-refractivity contribution in [3.8, 4) is 0 Å². The Morgan fingerprint density at radius 1 is 1.12 bits per heavy atom. The molecule has 2 amide bonds. The van der Waals surface area contributed by atoms with Crippen LogP contribution < -0.4 is 5.32 Å². The van der Waals surface area contributed by atoms with Gasteiger partial charge in [-0.3, -0.25) is 9.69 Å². The molecule has 1 heterocycles. The van der Waals surface area contributed by atoms with Crippen LogP contribution in [0.4, 0.5) is 23.7 Å². The highest BCUT2D eigenvalue weighted by molar-refractivity contribution is 5.89. The molecule has 0 radical (unpaired) electrons. The third-order valence-corrected chi connectivity index (χ3v) is 3.92. The normalized spacial score (nSPS) is 15.6. The monoisotopic (exact) mass is 373 g/mol. The van der Waals surface area contributed by atoms with Crippen LogP contribution in [0.25, 0.3) is 0 Å². The SMILES string of the molecule is CCOC(=O)Cc1ccc(NC(=O)N2CCN(CC(F)(F)F)CC2)cc1. The standard InChI is InChI=1S/C17H22F3N3O3/c1-2-26-15(24)11-13-3-5-14(6-4-13)21-16(25)23-9-7-22(8-10-23)12-17(18,19)20/h3-6H,2,7-12H2,1H3,(H,21,25). The smallest absolute Gasteiger partial charge is 0.401 e. The van der Waals surface area contributed by atoms with Crippen molar-refractivity contribution in [2.75, 3.05) is 44.6 Å². The molecule has 0 unspecified atom stereocenters.